The number of hydrogen-bond acceptors (Lipinski definition) is 4. The van der Waals surface area contributed by atoms with Crippen LogP contribution in [0, 0.1) is 5.21 Å². The van der Waals surface area contributed by atoms with Gasteiger partial charge in [-0.05, 0) is 24.3 Å². The maximum absolute atomic E-state index is 12.4. The highest BCUT2D eigenvalue weighted by Crippen LogP contribution is 2.29. The molecule has 1 aromatic heterocycles. The molecule has 0 unspecified atom stereocenters. The summed E-state index contributed by atoms with van der Waals surface area (Å²) in [6, 6.07) is 6.28. The van der Waals surface area contributed by atoms with Gasteiger partial charge in [-0.2, -0.15) is 17.9 Å². The second-order valence-corrected chi connectivity index (χ2v) is 4.65. The molecule has 0 aliphatic heterocycles. The second kappa shape index (κ2) is 6.99. The summed E-state index contributed by atoms with van der Waals surface area (Å²) in [7, 11) is 0. The van der Waals surface area contributed by atoms with E-state index in [4.69, 9.17) is 4.74 Å². The van der Waals surface area contributed by atoms with Crippen molar-refractivity contribution in [1.29, 1.82) is 0 Å². The highest BCUT2D eigenvalue weighted by atomic mass is 19.4. The average Bonchev–Trinajstić information content (AvgIpc) is 2.53. The highest BCUT2D eigenvalue weighted by Gasteiger charge is 2.29. The Bertz CT molecular complexity index is 728. The van der Waals surface area contributed by atoms with Gasteiger partial charge < -0.3 is 15.3 Å². The van der Waals surface area contributed by atoms with Gasteiger partial charge in [0.2, 0.25) is 0 Å². The molecular weight excluding hydrogens is 329 g/mol. The summed E-state index contributed by atoms with van der Waals surface area (Å²) in [6.45, 7) is -0.619. The Morgan fingerprint density at radius 3 is 2.21 bits per heavy atom. The lowest BCUT2D eigenvalue weighted by Gasteiger charge is -2.09. The Labute approximate surface area is 134 Å². The van der Waals surface area contributed by atoms with E-state index >= 15 is 0 Å². The predicted molar refractivity (Wildman–Crippen MR) is 75.8 cm³/mol. The van der Waals surface area contributed by atoms with Crippen molar-refractivity contribution in [2.45, 2.75) is 6.18 Å². The van der Waals surface area contributed by atoms with Gasteiger partial charge in [-0.3, -0.25) is 4.79 Å². The minimum atomic E-state index is -4.46. The van der Waals surface area contributed by atoms with Crippen LogP contribution in [-0.2, 0) is 15.7 Å². The van der Waals surface area contributed by atoms with Crippen LogP contribution in [0.5, 0.6) is 0 Å². The van der Waals surface area contributed by atoms with Crippen LogP contribution < -0.4 is 10.0 Å². The van der Waals surface area contributed by atoms with Crippen LogP contribution in [0.3, 0.4) is 0 Å². The van der Waals surface area contributed by atoms with E-state index in [1.54, 1.807) is 0 Å². The molecule has 0 fully saturated rings. The van der Waals surface area contributed by atoms with Crippen LogP contribution in [-0.4, -0.2) is 18.5 Å². The van der Waals surface area contributed by atoms with Crippen LogP contribution in [0.2, 0.25) is 0 Å². The molecule has 2 rings (SSSR count). The van der Waals surface area contributed by atoms with Crippen molar-refractivity contribution in [3.8, 4) is 0 Å². The van der Waals surface area contributed by atoms with E-state index in [1.165, 1.54) is 12.1 Å². The van der Waals surface area contributed by atoms with E-state index in [0.29, 0.717) is 4.73 Å². The van der Waals surface area contributed by atoms with E-state index < -0.39 is 30.2 Å². The molecule has 0 saturated carbocycles. The fraction of sp³-hybridized carbons (Fsp3) is 0.133. The number of nitrogens with one attached hydrogen (secondary N) is 1. The number of esters is 1. The Balaban J connectivity index is 1.87. The highest BCUT2D eigenvalue weighted by molar-refractivity contribution is 5.95. The molecule has 24 heavy (non-hydrogen) atoms. The summed E-state index contributed by atoms with van der Waals surface area (Å²) < 4.78 is 42.5. The fourth-order valence-corrected chi connectivity index (χ4v) is 1.70. The molecule has 0 bridgehead atoms. The number of aromatic nitrogens is 1. The Morgan fingerprint density at radius 1 is 1.08 bits per heavy atom. The number of halogens is 3. The number of alkyl halides is 3. The number of amides is 1. The largest absolute Gasteiger partial charge is 0.619 e. The van der Waals surface area contributed by atoms with Gasteiger partial charge >= 0.3 is 12.1 Å². The molecule has 1 aromatic carbocycles. The first-order valence-corrected chi connectivity index (χ1v) is 6.59. The lowest BCUT2D eigenvalue weighted by atomic mass is 10.2. The molecular formula is C15H11F3N2O4. The number of ether oxygens (including phenoxy) is 1. The van der Waals surface area contributed by atoms with Gasteiger partial charge in [-0.15, -0.1) is 0 Å². The van der Waals surface area contributed by atoms with Crippen molar-refractivity contribution in [1.82, 2.24) is 0 Å². The number of rotatable bonds is 4. The molecule has 1 amide bonds. The summed E-state index contributed by atoms with van der Waals surface area (Å²) in [4.78, 5) is 23.2. The molecule has 6 nitrogen and oxygen atoms in total. The Hall–Kier alpha value is -3.10. The van der Waals surface area contributed by atoms with Crippen molar-refractivity contribution in [2.24, 2.45) is 0 Å². The third kappa shape index (κ3) is 4.70. The van der Waals surface area contributed by atoms with Gasteiger partial charge in [-0.25, -0.2) is 4.79 Å². The SMILES string of the molecule is O=C(COC(=O)c1cc[n+]([O-])cc1)Nc1ccc(C(F)(F)F)cc1. The molecule has 0 aliphatic carbocycles. The number of carbonyl (C=O) groups excluding carboxylic acids is 2. The number of anilines is 1. The van der Waals surface area contributed by atoms with Crippen molar-refractivity contribution in [3.05, 3.63) is 65.1 Å². The van der Waals surface area contributed by atoms with Gasteiger partial charge in [-0.1, -0.05) is 0 Å². The monoisotopic (exact) mass is 340 g/mol. The molecule has 0 spiro atoms. The predicted octanol–water partition coefficient (Wildman–Crippen LogP) is 2.13. The summed E-state index contributed by atoms with van der Waals surface area (Å²) >= 11 is 0. The first-order chi connectivity index (χ1) is 11.3. The number of carbonyl (C=O) groups is 2. The first-order valence-electron chi connectivity index (χ1n) is 6.59. The van der Waals surface area contributed by atoms with Crippen LogP contribution in [0.15, 0.2) is 48.8 Å². The Morgan fingerprint density at radius 2 is 1.67 bits per heavy atom. The molecule has 0 saturated heterocycles. The van der Waals surface area contributed by atoms with Crippen LogP contribution in [0.4, 0.5) is 18.9 Å². The summed E-state index contributed by atoms with van der Waals surface area (Å²) in [5, 5.41) is 13.1. The van der Waals surface area contributed by atoms with Gasteiger partial charge in [0.05, 0.1) is 11.1 Å². The standard InChI is InChI=1S/C15H11F3N2O4/c16-15(17,18)11-1-3-12(4-2-11)19-13(21)9-24-14(22)10-5-7-20(23)8-6-10/h1-8H,9H2,(H,19,21). The fourth-order valence-electron chi connectivity index (χ4n) is 1.70. The number of hydrogen-bond donors (Lipinski definition) is 1. The lowest BCUT2D eigenvalue weighted by molar-refractivity contribution is -0.605. The van der Waals surface area contributed by atoms with E-state index in [9.17, 15) is 28.0 Å². The molecule has 0 radical (unpaired) electrons. The lowest BCUT2D eigenvalue weighted by Crippen LogP contribution is -2.25. The summed E-state index contributed by atoms with van der Waals surface area (Å²) in [5.41, 5.74) is -0.618. The topological polar surface area (TPSA) is 82.3 Å². The zero-order valence-electron chi connectivity index (χ0n) is 12.0. The van der Waals surface area contributed by atoms with Crippen LogP contribution in [0.25, 0.3) is 0 Å². The third-order valence-corrected chi connectivity index (χ3v) is 2.87. The first kappa shape index (κ1) is 17.3. The average molecular weight is 340 g/mol. The molecule has 1 N–H and O–H groups in total. The van der Waals surface area contributed by atoms with Crippen LogP contribution >= 0.6 is 0 Å². The van der Waals surface area contributed by atoms with Crippen molar-refractivity contribution >= 4 is 17.6 Å². The molecule has 0 aliphatic rings. The number of benzene rings is 1. The van der Waals surface area contributed by atoms with Gasteiger partial charge in [0, 0.05) is 17.8 Å². The zero-order chi connectivity index (χ0) is 17.7. The summed E-state index contributed by atoms with van der Waals surface area (Å²) in [5.74, 6) is -1.52. The molecule has 0 atom stereocenters. The van der Waals surface area contributed by atoms with E-state index in [2.05, 4.69) is 5.32 Å². The number of pyridine rings is 1. The minimum absolute atomic E-state index is 0.0874. The van der Waals surface area contributed by atoms with Gasteiger partial charge in [0.15, 0.2) is 19.0 Å². The minimum Gasteiger partial charge on any atom is -0.619 e. The quantitative estimate of drug-likeness (QED) is 0.525. The van der Waals surface area contributed by atoms with Crippen molar-refractivity contribution < 1.29 is 32.2 Å². The van der Waals surface area contributed by atoms with E-state index in [-0.39, 0.29) is 11.3 Å². The normalized spacial score (nSPS) is 11.0. The maximum atomic E-state index is 12.4. The third-order valence-electron chi connectivity index (χ3n) is 2.87. The second-order valence-electron chi connectivity index (χ2n) is 4.65. The molecule has 1 heterocycles. The van der Waals surface area contributed by atoms with Gasteiger partial charge in [0.1, 0.15) is 0 Å². The van der Waals surface area contributed by atoms with E-state index in [0.717, 1.165) is 36.7 Å². The van der Waals surface area contributed by atoms with Gasteiger partial charge in [0.25, 0.3) is 5.91 Å². The zero-order valence-corrected chi connectivity index (χ0v) is 12.0. The number of nitrogens with zero attached hydrogens (tertiary/aromatic N) is 1. The van der Waals surface area contributed by atoms with Crippen molar-refractivity contribution in [3.63, 3.8) is 0 Å². The Kier molecular flexibility index (Phi) is 5.02. The smallest absolute Gasteiger partial charge is 0.416 e. The molecule has 2 aromatic rings. The van der Waals surface area contributed by atoms with Crippen molar-refractivity contribution in [2.75, 3.05) is 11.9 Å². The maximum Gasteiger partial charge on any atom is 0.416 e. The van der Waals surface area contributed by atoms with Crippen LogP contribution in [0.1, 0.15) is 15.9 Å². The summed E-state index contributed by atoms with van der Waals surface area (Å²) in [6.07, 6.45) is -2.27. The molecule has 9 heteroatoms. The van der Waals surface area contributed by atoms with E-state index in [1.807, 2.05) is 0 Å². The molecule has 126 valence electrons.